The molecule has 0 unspecified atom stereocenters. The minimum Gasteiger partial charge on any atom is -0.331 e. The number of amides is 1. The summed E-state index contributed by atoms with van der Waals surface area (Å²) in [5, 5.41) is 5.31. The lowest BCUT2D eigenvalue weighted by Gasteiger charge is -2.20. The van der Waals surface area contributed by atoms with E-state index in [1.54, 1.807) is 34.0 Å². The van der Waals surface area contributed by atoms with Gasteiger partial charge in [0.2, 0.25) is 0 Å². The van der Waals surface area contributed by atoms with E-state index >= 15 is 0 Å². The standard InChI is InChI=1S/C28H25N5O2/c1-3-32(18-25-29-24-15-8-7-14-22(24)27(34)30-25)28(35)23-17-33(21-12-5-4-6-13-21)31-26(23)20-11-9-10-19(2)16-20/h4-17H,3,18H2,1-2H3,(H,29,30,34). The number of para-hydroxylation sites is 2. The van der Waals surface area contributed by atoms with Crippen molar-refractivity contribution in [1.29, 1.82) is 0 Å². The van der Waals surface area contributed by atoms with Gasteiger partial charge in [-0.3, -0.25) is 9.59 Å². The number of rotatable bonds is 6. The summed E-state index contributed by atoms with van der Waals surface area (Å²) >= 11 is 0. The molecule has 7 heteroatoms. The molecule has 5 aromatic rings. The third kappa shape index (κ3) is 4.48. The topological polar surface area (TPSA) is 83.9 Å². The average molecular weight is 464 g/mol. The van der Waals surface area contributed by atoms with Crippen LogP contribution in [0.3, 0.4) is 0 Å². The minimum absolute atomic E-state index is 0.179. The third-order valence-electron chi connectivity index (χ3n) is 5.93. The molecule has 174 valence electrons. The van der Waals surface area contributed by atoms with E-state index in [1.165, 1.54) is 0 Å². The van der Waals surface area contributed by atoms with Crippen molar-refractivity contribution in [3.05, 3.63) is 112 Å². The minimum atomic E-state index is -0.216. The predicted octanol–water partition coefficient (Wildman–Crippen LogP) is 4.75. The fourth-order valence-corrected chi connectivity index (χ4v) is 4.14. The largest absolute Gasteiger partial charge is 0.331 e. The van der Waals surface area contributed by atoms with Gasteiger partial charge in [-0.15, -0.1) is 0 Å². The highest BCUT2D eigenvalue weighted by molar-refractivity contribution is 6.00. The highest BCUT2D eigenvalue weighted by Crippen LogP contribution is 2.26. The van der Waals surface area contributed by atoms with Crippen LogP contribution in [-0.2, 0) is 6.54 Å². The summed E-state index contributed by atoms with van der Waals surface area (Å²) in [7, 11) is 0. The summed E-state index contributed by atoms with van der Waals surface area (Å²) in [6.07, 6.45) is 1.77. The molecule has 0 radical (unpaired) electrons. The van der Waals surface area contributed by atoms with Crippen molar-refractivity contribution in [1.82, 2.24) is 24.6 Å². The molecule has 0 saturated carbocycles. The van der Waals surface area contributed by atoms with Crippen LogP contribution in [0.5, 0.6) is 0 Å². The van der Waals surface area contributed by atoms with Crippen LogP contribution >= 0.6 is 0 Å². The van der Waals surface area contributed by atoms with E-state index in [9.17, 15) is 9.59 Å². The monoisotopic (exact) mass is 463 g/mol. The Balaban J connectivity index is 1.55. The summed E-state index contributed by atoms with van der Waals surface area (Å²) < 4.78 is 1.73. The van der Waals surface area contributed by atoms with Crippen LogP contribution in [0.1, 0.15) is 28.7 Å². The van der Waals surface area contributed by atoms with Crippen molar-refractivity contribution >= 4 is 16.8 Å². The van der Waals surface area contributed by atoms with Gasteiger partial charge >= 0.3 is 0 Å². The Morgan fingerprint density at radius 3 is 2.54 bits per heavy atom. The fourth-order valence-electron chi connectivity index (χ4n) is 4.14. The summed E-state index contributed by atoms with van der Waals surface area (Å²) in [4.78, 5) is 35.4. The molecule has 0 bridgehead atoms. The predicted molar refractivity (Wildman–Crippen MR) is 137 cm³/mol. The van der Waals surface area contributed by atoms with Gasteiger partial charge < -0.3 is 9.88 Å². The number of hydrogen-bond donors (Lipinski definition) is 1. The second kappa shape index (κ2) is 9.38. The zero-order valence-corrected chi connectivity index (χ0v) is 19.6. The Morgan fingerprint density at radius 2 is 1.77 bits per heavy atom. The number of carbonyl (C=O) groups is 1. The second-order valence-corrected chi connectivity index (χ2v) is 8.39. The Labute approximate surface area is 202 Å². The quantitative estimate of drug-likeness (QED) is 0.394. The molecule has 7 nitrogen and oxygen atoms in total. The average Bonchev–Trinajstić information content (AvgIpc) is 3.33. The van der Waals surface area contributed by atoms with Gasteiger partial charge in [0.15, 0.2) is 0 Å². The molecule has 0 fully saturated rings. The fraction of sp³-hybridized carbons (Fsp3) is 0.143. The van der Waals surface area contributed by atoms with E-state index in [4.69, 9.17) is 5.10 Å². The highest BCUT2D eigenvalue weighted by Gasteiger charge is 2.24. The molecular formula is C28H25N5O2. The van der Waals surface area contributed by atoms with Crippen LogP contribution in [0.25, 0.3) is 27.8 Å². The number of aryl methyl sites for hydroxylation is 1. The number of H-pyrrole nitrogens is 1. The SMILES string of the molecule is CCN(Cc1nc2ccccc2c(=O)[nH]1)C(=O)c1cn(-c2ccccc2)nc1-c1cccc(C)c1. The van der Waals surface area contributed by atoms with Crippen LogP contribution in [0.2, 0.25) is 0 Å². The van der Waals surface area contributed by atoms with Crippen molar-refractivity contribution in [2.24, 2.45) is 0 Å². The molecule has 2 heterocycles. The molecule has 1 amide bonds. The number of fused-ring (bicyclic) bond motifs is 1. The number of benzene rings is 3. The molecular weight excluding hydrogens is 438 g/mol. The molecule has 0 aliphatic heterocycles. The Morgan fingerprint density at radius 1 is 1.00 bits per heavy atom. The lowest BCUT2D eigenvalue weighted by Crippen LogP contribution is -2.32. The van der Waals surface area contributed by atoms with E-state index in [2.05, 4.69) is 9.97 Å². The van der Waals surface area contributed by atoms with Crippen molar-refractivity contribution in [3.63, 3.8) is 0 Å². The van der Waals surface area contributed by atoms with Gasteiger partial charge in [-0.05, 0) is 44.2 Å². The number of carbonyl (C=O) groups excluding carboxylic acids is 1. The van der Waals surface area contributed by atoms with Crippen LogP contribution < -0.4 is 5.56 Å². The lowest BCUT2D eigenvalue weighted by molar-refractivity contribution is 0.0749. The lowest BCUT2D eigenvalue weighted by atomic mass is 10.0. The molecule has 0 aliphatic carbocycles. The Bertz CT molecular complexity index is 1570. The second-order valence-electron chi connectivity index (χ2n) is 8.39. The Kier molecular flexibility index (Phi) is 5.97. The molecule has 3 aromatic carbocycles. The first-order chi connectivity index (χ1) is 17.0. The first-order valence-electron chi connectivity index (χ1n) is 11.5. The zero-order valence-electron chi connectivity index (χ0n) is 19.6. The van der Waals surface area contributed by atoms with E-state index in [1.807, 2.05) is 74.5 Å². The van der Waals surface area contributed by atoms with Crippen molar-refractivity contribution in [3.8, 4) is 16.9 Å². The number of nitrogens with zero attached hydrogens (tertiary/aromatic N) is 4. The maximum absolute atomic E-state index is 13.8. The maximum Gasteiger partial charge on any atom is 0.258 e. The van der Waals surface area contributed by atoms with Crippen LogP contribution in [0, 0.1) is 6.92 Å². The molecule has 0 atom stereocenters. The van der Waals surface area contributed by atoms with Crippen molar-refractivity contribution in [2.75, 3.05) is 6.54 Å². The molecule has 2 aromatic heterocycles. The van der Waals surface area contributed by atoms with E-state index in [-0.39, 0.29) is 18.0 Å². The van der Waals surface area contributed by atoms with Crippen LogP contribution in [0.4, 0.5) is 0 Å². The zero-order chi connectivity index (χ0) is 24.4. The van der Waals surface area contributed by atoms with Gasteiger partial charge in [-0.1, -0.05) is 54.1 Å². The van der Waals surface area contributed by atoms with Crippen LogP contribution in [-0.4, -0.2) is 37.1 Å². The first-order valence-corrected chi connectivity index (χ1v) is 11.5. The van der Waals surface area contributed by atoms with Gasteiger partial charge in [0, 0.05) is 18.3 Å². The summed E-state index contributed by atoms with van der Waals surface area (Å²) in [5.74, 6) is 0.262. The van der Waals surface area contributed by atoms with E-state index in [0.717, 1.165) is 16.8 Å². The number of aromatic amines is 1. The molecule has 35 heavy (non-hydrogen) atoms. The van der Waals surface area contributed by atoms with Gasteiger partial charge in [0.25, 0.3) is 11.5 Å². The van der Waals surface area contributed by atoms with Gasteiger partial charge in [-0.2, -0.15) is 5.10 Å². The molecule has 0 spiro atoms. The first kappa shape index (κ1) is 22.3. The number of nitrogens with one attached hydrogen (secondary N) is 1. The summed E-state index contributed by atoms with van der Waals surface area (Å²) in [6.45, 7) is 4.54. The summed E-state index contributed by atoms with van der Waals surface area (Å²) in [6, 6.07) is 24.8. The maximum atomic E-state index is 13.8. The number of hydrogen-bond acceptors (Lipinski definition) is 4. The third-order valence-corrected chi connectivity index (χ3v) is 5.93. The normalized spacial score (nSPS) is 11.0. The molecule has 0 aliphatic rings. The number of aromatic nitrogens is 4. The van der Waals surface area contributed by atoms with Crippen molar-refractivity contribution < 1.29 is 4.79 Å². The van der Waals surface area contributed by atoms with E-state index in [0.29, 0.717) is 34.5 Å². The highest BCUT2D eigenvalue weighted by atomic mass is 16.2. The van der Waals surface area contributed by atoms with E-state index < -0.39 is 0 Å². The Hall–Kier alpha value is -4.52. The van der Waals surface area contributed by atoms with Gasteiger partial charge in [0.05, 0.1) is 28.7 Å². The summed E-state index contributed by atoms with van der Waals surface area (Å²) in [5.41, 5.74) is 4.31. The van der Waals surface area contributed by atoms with Gasteiger partial charge in [0.1, 0.15) is 11.5 Å². The molecule has 5 rings (SSSR count). The van der Waals surface area contributed by atoms with Crippen LogP contribution in [0.15, 0.2) is 89.9 Å². The van der Waals surface area contributed by atoms with Crippen molar-refractivity contribution in [2.45, 2.75) is 20.4 Å². The smallest absolute Gasteiger partial charge is 0.258 e. The van der Waals surface area contributed by atoms with Gasteiger partial charge in [-0.25, -0.2) is 9.67 Å². The molecule has 0 saturated heterocycles. The molecule has 1 N–H and O–H groups in total.